The minimum Gasteiger partial charge on any atom is -0.462 e. The van der Waals surface area contributed by atoms with Crippen LogP contribution in [0.2, 0.25) is 0 Å². The van der Waals surface area contributed by atoms with E-state index in [1.807, 2.05) is 30.3 Å². The summed E-state index contributed by atoms with van der Waals surface area (Å²) in [5.74, 6) is -0.201. The molecule has 0 radical (unpaired) electrons. The van der Waals surface area contributed by atoms with Gasteiger partial charge in [0.1, 0.15) is 0 Å². The zero-order chi connectivity index (χ0) is 15.2. The lowest BCUT2D eigenvalue weighted by Gasteiger charge is -2.05. The van der Waals surface area contributed by atoms with E-state index in [1.165, 1.54) is 11.8 Å². The topological polar surface area (TPSA) is 91.2 Å². The van der Waals surface area contributed by atoms with Crippen LogP contribution in [0.25, 0.3) is 17.0 Å². The third-order valence-corrected chi connectivity index (χ3v) is 3.25. The fraction of sp³-hybridized carbons (Fsp3) is 0.214. The molecule has 1 aromatic heterocycles. The normalized spacial score (nSPS) is 11.9. The van der Waals surface area contributed by atoms with Crippen molar-refractivity contribution in [3.05, 3.63) is 41.3 Å². The number of hydrogen-bond acceptors (Lipinski definition) is 7. The van der Waals surface area contributed by atoms with Gasteiger partial charge in [0.15, 0.2) is 5.57 Å². The molecular formula is C14H15N3O3S. The van der Waals surface area contributed by atoms with E-state index in [9.17, 15) is 4.79 Å². The molecular weight excluding hydrogens is 290 g/mol. The van der Waals surface area contributed by atoms with Crippen molar-refractivity contribution in [2.24, 2.45) is 5.73 Å². The van der Waals surface area contributed by atoms with Crippen LogP contribution in [0.3, 0.4) is 0 Å². The second kappa shape index (κ2) is 6.94. The van der Waals surface area contributed by atoms with Gasteiger partial charge < -0.3 is 14.9 Å². The number of nitrogens with two attached hydrogens (primary N) is 1. The molecule has 0 spiro atoms. The smallest absolute Gasteiger partial charge is 0.346 e. The minimum absolute atomic E-state index is 0.0548. The monoisotopic (exact) mass is 305 g/mol. The number of thioether (sulfide) groups is 1. The van der Waals surface area contributed by atoms with Gasteiger partial charge in [-0.25, -0.2) is 4.79 Å². The number of benzene rings is 1. The van der Waals surface area contributed by atoms with E-state index in [4.69, 9.17) is 14.9 Å². The van der Waals surface area contributed by atoms with E-state index < -0.39 is 5.97 Å². The molecule has 1 aromatic carbocycles. The second-order valence-corrected chi connectivity index (χ2v) is 4.79. The second-order valence-electron chi connectivity index (χ2n) is 3.94. The molecule has 0 bridgehead atoms. The molecule has 2 N–H and O–H groups in total. The molecule has 0 saturated heterocycles. The van der Waals surface area contributed by atoms with E-state index in [2.05, 4.69) is 10.2 Å². The van der Waals surface area contributed by atoms with Crippen molar-refractivity contribution in [1.29, 1.82) is 0 Å². The predicted molar refractivity (Wildman–Crippen MR) is 81.0 cm³/mol. The molecule has 0 aliphatic heterocycles. The van der Waals surface area contributed by atoms with Gasteiger partial charge in [-0.3, -0.25) is 0 Å². The van der Waals surface area contributed by atoms with E-state index in [0.29, 0.717) is 5.89 Å². The molecule has 0 atom stereocenters. The van der Waals surface area contributed by atoms with Crippen LogP contribution in [-0.4, -0.2) is 29.0 Å². The van der Waals surface area contributed by atoms with Crippen molar-refractivity contribution in [1.82, 2.24) is 10.2 Å². The molecule has 0 fully saturated rings. The third kappa shape index (κ3) is 3.43. The van der Waals surface area contributed by atoms with Crippen molar-refractivity contribution in [3.63, 3.8) is 0 Å². The first kappa shape index (κ1) is 15.1. The Morgan fingerprint density at radius 1 is 1.33 bits per heavy atom. The summed E-state index contributed by atoms with van der Waals surface area (Å²) < 4.78 is 10.5. The summed E-state index contributed by atoms with van der Waals surface area (Å²) in [5.41, 5.74) is 6.70. The summed E-state index contributed by atoms with van der Waals surface area (Å²) in [4.78, 5) is 12.0. The van der Waals surface area contributed by atoms with Crippen LogP contribution in [0.4, 0.5) is 0 Å². The predicted octanol–water partition coefficient (Wildman–Crippen LogP) is 2.29. The first-order valence-corrected chi connectivity index (χ1v) is 7.50. The lowest BCUT2D eigenvalue weighted by molar-refractivity contribution is -0.136. The number of carbonyl (C=O) groups is 1. The van der Waals surface area contributed by atoms with Crippen LogP contribution in [0, 0.1) is 0 Å². The highest BCUT2D eigenvalue weighted by molar-refractivity contribution is 8.02. The maximum Gasteiger partial charge on any atom is 0.346 e. The Morgan fingerprint density at radius 3 is 2.67 bits per heavy atom. The van der Waals surface area contributed by atoms with Crippen LogP contribution >= 0.6 is 11.8 Å². The molecule has 0 saturated carbocycles. The fourth-order valence-electron chi connectivity index (χ4n) is 1.62. The highest BCUT2D eigenvalue weighted by atomic mass is 32.2. The molecule has 6 nitrogen and oxygen atoms in total. The van der Waals surface area contributed by atoms with Gasteiger partial charge in [-0.05, 0) is 25.3 Å². The lowest BCUT2D eigenvalue weighted by atomic mass is 10.2. The van der Waals surface area contributed by atoms with Crippen LogP contribution in [0.15, 0.2) is 39.8 Å². The summed E-state index contributed by atoms with van der Waals surface area (Å²) in [7, 11) is 0. The van der Waals surface area contributed by atoms with Crippen LogP contribution in [0.5, 0.6) is 0 Å². The van der Waals surface area contributed by atoms with Crippen molar-refractivity contribution in [2.45, 2.75) is 6.92 Å². The van der Waals surface area contributed by atoms with Gasteiger partial charge in [0, 0.05) is 5.56 Å². The van der Waals surface area contributed by atoms with Gasteiger partial charge in [0.2, 0.25) is 5.89 Å². The molecule has 110 valence electrons. The standard InChI is InChI=1S/C14H15N3O3S/c1-3-19-14(18)10(11(15)21-2)13-17-16-12(20-13)9-7-5-4-6-8-9/h4-8H,3,15H2,1-2H3. The lowest BCUT2D eigenvalue weighted by Crippen LogP contribution is -2.12. The molecule has 0 aliphatic rings. The summed E-state index contributed by atoms with van der Waals surface area (Å²) in [5, 5.41) is 8.11. The van der Waals surface area contributed by atoms with Crippen LogP contribution < -0.4 is 5.73 Å². The Bertz CT molecular complexity index is 652. The first-order chi connectivity index (χ1) is 10.2. The highest BCUT2D eigenvalue weighted by Crippen LogP contribution is 2.25. The maximum atomic E-state index is 12.0. The number of rotatable bonds is 5. The molecule has 2 aromatic rings. The van der Waals surface area contributed by atoms with Crippen LogP contribution in [0.1, 0.15) is 12.8 Å². The molecule has 0 amide bonds. The number of aromatic nitrogens is 2. The SMILES string of the molecule is CCOC(=O)C(=C(N)SC)c1nnc(-c2ccccc2)o1. The van der Waals surface area contributed by atoms with E-state index in [-0.39, 0.29) is 23.1 Å². The molecule has 1 heterocycles. The molecule has 0 aliphatic carbocycles. The largest absolute Gasteiger partial charge is 0.462 e. The van der Waals surface area contributed by atoms with Crippen molar-refractivity contribution >= 4 is 23.3 Å². The van der Waals surface area contributed by atoms with Crippen molar-refractivity contribution in [3.8, 4) is 11.5 Å². The fourth-order valence-corrected chi connectivity index (χ4v) is 2.00. The van der Waals surface area contributed by atoms with E-state index >= 15 is 0 Å². The van der Waals surface area contributed by atoms with E-state index in [0.717, 1.165) is 5.56 Å². The minimum atomic E-state index is -0.576. The molecule has 2 rings (SSSR count). The quantitative estimate of drug-likeness (QED) is 0.669. The average Bonchev–Trinajstić information content (AvgIpc) is 2.98. The number of ether oxygens (including phenoxy) is 1. The third-order valence-electron chi connectivity index (χ3n) is 2.61. The van der Waals surface area contributed by atoms with Crippen LogP contribution in [-0.2, 0) is 9.53 Å². The number of esters is 1. The highest BCUT2D eigenvalue weighted by Gasteiger charge is 2.23. The van der Waals surface area contributed by atoms with E-state index in [1.54, 1.807) is 13.2 Å². The summed E-state index contributed by atoms with van der Waals surface area (Å²) in [6, 6.07) is 9.28. The van der Waals surface area contributed by atoms with Gasteiger partial charge in [-0.2, -0.15) is 0 Å². The number of carbonyl (C=O) groups excluding carboxylic acids is 1. The Hall–Kier alpha value is -2.28. The summed E-state index contributed by atoms with van der Waals surface area (Å²) >= 11 is 1.22. The van der Waals surface area contributed by atoms with Gasteiger partial charge in [-0.15, -0.1) is 22.0 Å². The van der Waals surface area contributed by atoms with Gasteiger partial charge in [0.25, 0.3) is 5.89 Å². The molecule has 0 unspecified atom stereocenters. The average molecular weight is 305 g/mol. The Kier molecular flexibility index (Phi) is 4.99. The summed E-state index contributed by atoms with van der Waals surface area (Å²) in [6.07, 6.45) is 1.75. The van der Waals surface area contributed by atoms with Gasteiger partial charge >= 0.3 is 5.97 Å². The summed E-state index contributed by atoms with van der Waals surface area (Å²) in [6.45, 7) is 1.96. The van der Waals surface area contributed by atoms with Crippen molar-refractivity contribution < 1.29 is 13.9 Å². The number of nitrogens with zero attached hydrogens (tertiary/aromatic N) is 2. The van der Waals surface area contributed by atoms with Gasteiger partial charge in [0.05, 0.1) is 11.6 Å². The Labute approximate surface area is 126 Å². The first-order valence-electron chi connectivity index (χ1n) is 6.27. The molecule has 21 heavy (non-hydrogen) atoms. The Morgan fingerprint density at radius 2 is 2.05 bits per heavy atom. The van der Waals surface area contributed by atoms with Crippen molar-refractivity contribution in [2.75, 3.05) is 12.9 Å². The maximum absolute atomic E-state index is 12.0. The number of hydrogen-bond donors (Lipinski definition) is 1. The zero-order valence-electron chi connectivity index (χ0n) is 11.7. The molecule has 7 heteroatoms. The van der Waals surface area contributed by atoms with Gasteiger partial charge in [-0.1, -0.05) is 18.2 Å². The zero-order valence-corrected chi connectivity index (χ0v) is 12.5. The Balaban J connectivity index is 2.39.